The van der Waals surface area contributed by atoms with Gasteiger partial charge in [0, 0.05) is 18.8 Å². The summed E-state index contributed by atoms with van der Waals surface area (Å²) in [5, 5.41) is -0.203. The molecular formula is C13H17ClFNO3S. The van der Waals surface area contributed by atoms with E-state index in [1.54, 1.807) is 0 Å². The zero-order valence-electron chi connectivity index (χ0n) is 11.2. The molecule has 1 aromatic rings. The third-order valence-electron chi connectivity index (χ3n) is 3.68. The predicted molar refractivity (Wildman–Crippen MR) is 74.8 cm³/mol. The van der Waals surface area contributed by atoms with Crippen molar-refractivity contribution in [2.24, 2.45) is 0 Å². The molecule has 2 rings (SSSR count). The number of nitrogens with one attached hydrogen (secondary N) is 1. The largest absolute Gasteiger partial charge is 0.381 e. The van der Waals surface area contributed by atoms with Crippen molar-refractivity contribution < 1.29 is 17.5 Å². The lowest BCUT2D eigenvalue weighted by atomic mass is 9.89. The minimum absolute atomic E-state index is 0.203. The number of halogens is 2. The quantitative estimate of drug-likeness (QED) is 0.927. The van der Waals surface area contributed by atoms with Crippen molar-refractivity contribution in [1.82, 2.24) is 4.72 Å². The van der Waals surface area contributed by atoms with Gasteiger partial charge in [0.05, 0.1) is 5.02 Å². The normalized spacial score (nSPS) is 18.9. The number of rotatable bonds is 4. The van der Waals surface area contributed by atoms with E-state index in [4.69, 9.17) is 16.3 Å². The summed E-state index contributed by atoms with van der Waals surface area (Å²) in [6.07, 6.45) is 1.77. The van der Waals surface area contributed by atoms with Crippen molar-refractivity contribution in [3.63, 3.8) is 0 Å². The lowest BCUT2D eigenvalue weighted by Crippen LogP contribution is -2.51. The highest BCUT2D eigenvalue weighted by Crippen LogP contribution is 2.28. The van der Waals surface area contributed by atoms with Gasteiger partial charge >= 0.3 is 0 Å². The van der Waals surface area contributed by atoms with Gasteiger partial charge < -0.3 is 4.74 Å². The molecule has 1 heterocycles. The van der Waals surface area contributed by atoms with Crippen LogP contribution in [0.1, 0.15) is 26.2 Å². The van der Waals surface area contributed by atoms with Gasteiger partial charge in [0.1, 0.15) is 4.90 Å². The Morgan fingerprint density at radius 3 is 2.65 bits per heavy atom. The fourth-order valence-corrected chi connectivity index (χ4v) is 4.18. The fraction of sp³-hybridized carbons (Fsp3) is 0.538. The second-order valence-corrected chi connectivity index (χ2v) is 6.96. The van der Waals surface area contributed by atoms with Gasteiger partial charge in [-0.05, 0) is 31.4 Å². The van der Waals surface area contributed by atoms with Crippen LogP contribution in [-0.4, -0.2) is 27.2 Å². The Morgan fingerprint density at radius 2 is 2.05 bits per heavy atom. The van der Waals surface area contributed by atoms with Crippen LogP contribution >= 0.6 is 11.6 Å². The average Bonchev–Trinajstić information content (AvgIpc) is 2.42. The van der Waals surface area contributed by atoms with Crippen LogP contribution in [0.25, 0.3) is 0 Å². The number of ether oxygens (including phenoxy) is 1. The molecule has 1 aromatic carbocycles. The van der Waals surface area contributed by atoms with E-state index < -0.39 is 26.3 Å². The van der Waals surface area contributed by atoms with Crippen molar-refractivity contribution in [2.75, 3.05) is 13.2 Å². The van der Waals surface area contributed by atoms with Crippen LogP contribution in [0.15, 0.2) is 23.1 Å². The first kappa shape index (κ1) is 15.7. The molecule has 1 saturated heterocycles. The molecule has 0 saturated carbocycles. The average molecular weight is 322 g/mol. The topological polar surface area (TPSA) is 55.4 Å². The number of sulfonamides is 1. The van der Waals surface area contributed by atoms with E-state index in [0.717, 1.165) is 0 Å². The number of benzene rings is 1. The van der Waals surface area contributed by atoms with Crippen LogP contribution in [0.3, 0.4) is 0 Å². The monoisotopic (exact) mass is 321 g/mol. The maximum Gasteiger partial charge on any atom is 0.244 e. The van der Waals surface area contributed by atoms with Crippen molar-refractivity contribution in [1.29, 1.82) is 0 Å². The van der Waals surface area contributed by atoms with Gasteiger partial charge in [0.2, 0.25) is 10.0 Å². The summed E-state index contributed by atoms with van der Waals surface area (Å²) in [6, 6.07) is 3.95. The zero-order chi connectivity index (χ0) is 14.8. The molecule has 112 valence electrons. The molecule has 1 fully saturated rings. The minimum Gasteiger partial charge on any atom is -0.381 e. The molecule has 1 aliphatic rings. The Hall–Kier alpha value is -0.690. The maximum absolute atomic E-state index is 13.9. The maximum atomic E-state index is 13.9. The lowest BCUT2D eigenvalue weighted by molar-refractivity contribution is 0.0456. The molecule has 0 bridgehead atoms. The van der Waals surface area contributed by atoms with Gasteiger partial charge in [-0.2, -0.15) is 0 Å². The lowest BCUT2D eigenvalue weighted by Gasteiger charge is -2.36. The van der Waals surface area contributed by atoms with Crippen LogP contribution in [0.4, 0.5) is 4.39 Å². The highest BCUT2D eigenvalue weighted by Gasteiger charge is 2.36. The van der Waals surface area contributed by atoms with Crippen molar-refractivity contribution in [3.05, 3.63) is 29.0 Å². The summed E-state index contributed by atoms with van der Waals surface area (Å²) >= 11 is 5.64. The molecule has 0 amide bonds. The van der Waals surface area contributed by atoms with Crippen LogP contribution in [0, 0.1) is 5.82 Å². The summed E-state index contributed by atoms with van der Waals surface area (Å²) in [6.45, 7) is 2.89. The van der Waals surface area contributed by atoms with Gasteiger partial charge in [0.15, 0.2) is 5.82 Å². The first-order valence-corrected chi connectivity index (χ1v) is 8.32. The smallest absolute Gasteiger partial charge is 0.244 e. The van der Waals surface area contributed by atoms with Crippen molar-refractivity contribution in [2.45, 2.75) is 36.6 Å². The molecule has 4 nitrogen and oxygen atoms in total. The predicted octanol–water partition coefficient (Wildman–Crippen LogP) is 2.72. The highest BCUT2D eigenvalue weighted by molar-refractivity contribution is 7.89. The second kappa shape index (κ2) is 5.97. The molecule has 20 heavy (non-hydrogen) atoms. The highest BCUT2D eigenvalue weighted by atomic mass is 35.5. The summed E-state index contributed by atoms with van der Waals surface area (Å²) in [7, 11) is -3.95. The molecule has 1 N–H and O–H groups in total. The molecule has 0 spiro atoms. The first-order chi connectivity index (χ1) is 9.40. The zero-order valence-corrected chi connectivity index (χ0v) is 12.7. The minimum atomic E-state index is -3.95. The molecular weight excluding hydrogens is 305 g/mol. The summed E-state index contributed by atoms with van der Waals surface area (Å²) in [4.78, 5) is -0.413. The Labute approximate surface area is 123 Å². The molecule has 0 aliphatic carbocycles. The van der Waals surface area contributed by atoms with Crippen molar-refractivity contribution >= 4 is 21.6 Å². The molecule has 0 unspecified atom stereocenters. The van der Waals surface area contributed by atoms with E-state index in [9.17, 15) is 12.8 Å². The van der Waals surface area contributed by atoms with E-state index in [1.165, 1.54) is 18.2 Å². The van der Waals surface area contributed by atoms with Gasteiger partial charge in [0.25, 0.3) is 0 Å². The Bertz CT molecular complexity index is 585. The molecule has 0 radical (unpaired) electrons. The van der Waals surface area contributed by atoms with Gasteiger partial charge in [-0.3, -0.25) is 0 Å². The molecule has 7 heteroatoms. The van der Waals surface area contributed by atoms with E-state index in [1.807, 2.05) is 6.92 Å². The van der Waals surface area contributed by atoms with Crippen LogP contribution in [-0.2, 0) is 14.8 Å². The van der Waals surface area contributed by atoms with Crippen LogP contribution < -0.4 is 4.72 Å². The summed E-state index contributed by atoms with van der Waals surface area (Å²) in [5.74, 6) is -0.917. The summed E-state index contributed by atoms with van der Waals surface area (Å²) in [5.41, 5.74) is -0.578. The number of hydrogen-bond acceptors (Lipinski definition) is 3. The molecule has 0 atom stereocenters. The third kappa shape index (κ3) is 3.14. The van der Waals surface area contributed by atoms with Crippen LogP contribution in [0.2, 0.25) is 5.02 Å². The third-order valence-corrected chi connectivity index (χ3v) is 5.57. The van der Waals surface area contributed by atoms with E-state index in [-0.39, 0.29) is 5.02 Å². The Morgan fingerprint density at radius 1 is 1.40 bits per heavy atom. The van der Waals surface area contributed by atoms with Gasteiger partial charge in [-0.1, -0.05) is 24.6 Å². The standard InChI is InChI=1S/C13H17ClFNO3S/c1-2-13(6-8-19-9-7-13)16-20(17,18)11-5-3-4-10(14)12(11)15/h3-5,16H,2,6-9H2,1H3. The fourth-order valence-electron chi connectivity index (χ4n) is 2.32. The Kier molecular flexibility index (Phi) is 4.69. The van der Waals surface area contributed by atoms with E-state index >= 15 is 0 Å². The van der Waals surface area contributed by atoms with Crippen LogP contribution in [0.5, 0.6) is 0 Å². The Balaban J connectivity index is 2.33. The van der Waals surface area contributed by atoms with Gasteiger partial charge in [-0.25, -0.2) is 17.5 Å². The van der Waals surface area contributed by atoms with E-state index in [0.29, 0.717) is 32.5 Å². The van der Waals surface area contributed by atoms with Gasteiger partial charge in [-0.15, -0.1) is 0 Å². The molecule has 0 aromatic heterocycles. The second-order valence-electron chi connectivity index (χ2n) is 4.90. The first-order valence-electron chi connectivity index (χ1n) is 6.46. The van der Waals surface area contributed by atoms with E-state index in [2.05, 4.69) is 4.72 Å². The summed E-state index contributed by atoms with van der Waals surface area (Å²) < 4.78 is 46.6. The van der Waals surface area contributed by atoms with Crippen molar-refractivity contribution in [3.8, 4) is 0 Å². The number of hydrogen-bond donors (Lipinski definition) is 1. The molecule has 1 aliphatic heterocycles. The SMILES string of the molecule is CCC1(NS(=O)(=O)c2cccc(Cl)c2F)CCOCC1.